The molecule has 2 aromatic rings. The maximum Gasteiger partial charge on any atom is 0.335 e. The number of aryl methyl sites for hydroxylation is 1. The number of nitrogen functional groups attached to an aromatic ring is 1. The molecule has 7 nitrogen and oxygen atoms in total. The number of benzene rings is 1. The van der Waals surface area contributed by atoms with Crippen molar-refractivity contribution in [1.29, 1.82) is 0 Å². The molecular formula is C13H16N4O3S. The predicted octanol–water partition coefficient (Wildman–Crippen LogP) is 1.56. The number of carboxylic acids is 1. The van der Waals surface area contributed by atoms with Crippen LogP contribution in [-0.2, 0) is 0 Å². The van der Waals surface area contributed by atoms with E-state index in [9.17, 15) is 4.79 Å². The number of aromatic nitrogens is 3. The van der Waals surface area contributed by atoms with Crippen LogP contribution in [0, 0.1) is 6.92 Å². The first-order valence-corrected chi connectivity index (χ1v) is 7.32. The average molecular weight is 308 g/mol. The van der Waals surface area contributed by atoms with E-state index in [1.54, 1.807) is 19.1 Å². The molecule has 3 N–H and O–H groups in total. The van der Waals surface area contributed by atoms with Crippen LogP contribution < -0.4 is 10.6 Å². The fraction of sp³-hybridized carbons (Fsp3) is 0.308. The van der Waals surface area contributed by atoms with Crippen LogP contribution in [0.15, 0.2) is 29.4 Å². The second-order valence-electron chi connectivity index (χ2n) is 4.28. The molecule has 0 atom stereocenters. The Hall–Kier alpha value is -2.22. The highest BCUT2D eigenvalue weighted by molar-refractivity contribution is 7.99. The van der Waals surface area contributed by atoms with E-state index in [1.807, 2.05) is 0 Å². The van der Waals surface area contributed by atoms with Crippen molar-refractivity contribution < 1.29 is 14.6 Å². The fourth-order valence-electron chi connectivity index (χ4n) is 1.55. The van der Waals surface area contributed by atoms with Crippen molar-refractivity contribution in [3.63, 3.8) is 0 Å². The summed E-state index contributed by atoms with van der Waals surface area (Å²) in [7, 11) is 0. The van der Waals surface area contributed by atoms with Gasteiger partial charge in [-0.05, 0) is 37.6 Å². The summed E-state index contributed by atoms with van der Waals surface area (Å²) in [5.41, 5.74) is 0.246. The van der Waals surface area contributed by atoms with Gasteiger partial charge in [0.05, 0.1) is 12.2 Å². The van der Waals surface area contributed by atoms with Crippen LogP contribution in [0.1, 0.15) is 22.6 Å². The molecule has 0 saturated heterocycles. The summed E-state index contributed by atoms with van der Waals surface area (Å²) in [6.07, 6.45) is 0.817. The Kier molecular flexibility index (Phi) is 5.04. The molecule has 0 unspecified atom stereocenters. The molecule has 0 bridgehead atoms. The molecule has 8 heteroatoms. The van der Waals surface area contributed by atoms with Crippen LogP contribution in [0.4, 0.5) is 0 Å². The van der Waals surface area contributed by atoms with Crippen molar-refractivity contribution in [3.05, 3.63) is 35.7 Å². The van der Waals surface area contributed by atoms with E-state index in [0.717, 1.165) is 12.2 Å². The Labute approximate surface area is 126 Å². The Balaban J connectivity index is 1.70. The monoisotopic (exact) mass is 308 g/mol. The van der Waals surface area contributed by atoms with E-state index < -0.39 is 5.97 Å². The second kappa shape index (κ2) is 6.98. The minimum absolute atomic E-state index is 0.246. The zero-order valence-corrected chi connectivity index (χ0v) is 12.3. The van der Waals surface area contributed by atoms with Crippen LogP contribution in [0.5, 0.6) is 5.75 Å². The van der Waals surface area contributed by atoms with Gasteiger partial charge in [0, 0.05) is 5.75 Å². The molecule has 0 amide bonds. The van der Waals surface area contributed by atoms with Gasteiger partial charge in [-0.15, -0.1) is 10.2 Å². The van der Waals surface area contributed by atoms with Crippen molar-refractivity contribution >= 4 is 17.7 Å². The number of ether oxygens (including phenoxy) is 1. The van der Waals surface area contributed by atoms with Gasteiger partial charge in [-0.3, -0.25) is 0 Å². The predicted molar refractivity (Wildman–Crippen MR) is 79.1 cm³/mol. The molecule has 0 spiro atoms. The van der Waals surface area contributed by atoms with Gasteiger partial charge >= 0.3 is 5.97 Å². The highest BCUT2D eigenvalue weighted by Gasteiger charge is 2.06. The molecule has 0 fully saturated rings. The molecule has 0 radical (unpaired) electrons. The van der Waals surface area contributed by atoms with Gasteiger partial charge in [-0.1, -0.05) is 11.8 Å². The van der Waals surface area contributed by atoms with E-state index in [-0.39, 0.29) is 5.56 Å². The smallest absolute Gasteiger partial charge is 0.335 e. The summed E-state index contributed by atoms with van der Waals surface area (Å²) in [5.74, 6) is 6.93. The maximum absolute atomic E-state index is 10.7. The third-order valence-corrected chi connectivity index (χ3v) is 3.75. The topological polar surface area (TPSA) is 103 Å². The molecule has 2 rings (SSSR count). The van der Waals surface area contributed by atoms with Crippen LogP contribution in [-0.4, -0.2) is 38.3 Å². The lowest BCUT2D eigenvalue weighted by Gasteiger charge is -2.06. The van der Waals surface area contributed by atoms with Gasteiger partial charge in [-0.25, -0.2) is 9.47 Å². The number of hydrogen-bond acceptors (Lipinski definition) is 6. The zero-order chi connectivity index (χ0) is 15.2. The number of carbonyl (C=O) groups is 1. The molecule has 21 heavy (non-hydrogen) atoms. The SMILES string of the molecule is Cc1nnc(SCCCOc2ccc(C(=O)O)cc2)n1N. The fourth-order valence-corrected chi connectivity index (χ4v) is 2.37. The molecule has 0 aliphatic carbocycles. The molecule has 0 saturated carbocycles. The first-order valence-electron chi connectivity index (χ1n) is 6.34. The van der Waals surface area contributed by atoms with Gasteiger partial charge in [0.15, 0.2) is 0 Å². The Morgan fingerprint density at radius 3 is 2.67 bits per heavy atom. The van der Waals surface area contributed by atoms with Gasteiger partial charge in [0.1, 0.15) is 11.6 Å². The third kappa shape index (κ3) is 4.12. The minimum atomic E-state index is -0.945. The number of nitrogens with zero attached hydrogens (tertiary/aromatic N) is 3. The summed E-state index contributed by atoms with van der Waals surface area (Å²) in [6, 6.07) is 6.34. The second-order valence-corrected chi connectivity index (χ2v) is 5.34. The first-order chi connectivity index (χ1) is 10.1. The highest BCUT2D eigenvalue weighted by atomic mass is 32.2. The van der Waals surface area contributed by atoms with Crippen molar-refractivity contribution in [3.8, 4) is 5.75 Å². The summed E-state index contributed by atoms with van der Waals surface area (Å²) in [6.45, 7) is 2.33. The summed E-state index contributed by atoms with van der Waals surface area (Å²) in [4.78, 5) is 10.7. The van der Waals surface area contributed by atoms with Crippen LogP contribution in [0.3, 0.4) is 0 Å². The van der Waals surface area contributed by atoms with Gasteiger partial charge in [0.25, 0.3) is 0 Å². The number of rotatable bonds is 7. The number of nitrogens with two attached hydrogens (primary N) is 1. The number of hydrogen-bond donors (Lipinski definition) is 2. The summed E-state index contributed by atoms with van der Waals surface area (Å²) in [5, 5.41) is 17.3. The van der Waals surface area contributed by atoms with E-state index >= 15 is 0 Å². The third-order valence-electron chi connectivity index (χ3n) is 2.72. The number of carboxylic acid groups (broad SMARTS) is 1. The van der Waals surface area contributed by atoms with E-state index in [2.05, 4.69) is 10.2 Å². The molecule has 112 valence electrons. The average Bonchev–Trinajstić information content (AvgIpc) is 2.79. The zero-order valence-electron chi connectivity index (χ0n) is 11.5. The van der Waals surface area contributed by atoms with E-state index in [0.29, 0.717) is 23.3 Å². The normalized spacial score (nSPS) is 10.5. The highest BCUT2D eigenvalue weighted by Crippen LogP contribution is 2.16. The Bertz CT molecular complexity index is 612. The lowest BCUT2D eigenvalue weighted by Crippen LogP contribution is -2.11. The van der Waals surface area contributed by atoms with Gasteiger partial charge < -0.3 is 15.7 Å². The lowest BCUT2D eigenvalue weighted by atomic mass is 10.2. The van der Waals surface area contributed by atoms with Crippen LogP contribution in [0.25, 0.3) is 0 Å². The summed E-state index contributed by atoms with van der Waals surface area (Å²) >= 11 is 1.52. The largest absolute Gasteiger partial charge is 0.494 e. The van der Waals surface area contributed by atoms with Gasteiger partial charge in [0.2, 0.25) is 5.16 Å². The molecule has 1 aromatic carbocycles. The van der Waals surface area contributed by atoms with E-state index in [4.69, 9.17) is 15.7 Å². The van der Waals surface area contributed by atoms with E-state index in [1.165, 1.54) is 28.6 Å². The maximum atomic E-state index is 10.7. The summed E-state index contributed by atoms with van der Waals surface area (Å²) < 4.78 is 6.99. The van der Waals surface area contributed by atoms with Crippen molar-refractivity contribution in [1.82, 2.24) is 14.9 Å². The molecular weight excluding hydrogens is 292 g/mol. The Morgan fingerprint density at radius 2 is 2.10 bits per heavy atom. The lowest BCUT2D eigenvalue weighted by molar-refractivity contribution is 0.0697. The first kappa shape index (κ1) is 15.2. The van der Waals surface area contributed by atoms with Crippen LogP contribution >= 0.6 is 11.8 Å². The molecule has 0 aliphatic heterocycles. The van der Waals surface area contributed by atoms with Crippen molar-refractivity contribution in [2.75, 3.05) is 18.2 Å². The number of thioether (sulfide) groups is 1. The minimum Gasteiger partial charge on any atom is -0.494 e. The molecule has 0 aliphatic rings. The quantitative estimate of drug-likeness (QED) is 0.454. The Morgan fingerprint density at radius 1 is 1.38 bits per heavy atom. The standard InChI is InChI=1S/C13H16N4O3S/c1-9-15-16-13(17(9)14)21-8-2-7-20-11-5-3-10(4-6-11)12(18)19/h3-6H,2,7-8,14H2,1H3,(H,18,19). The van der Waals surface area contributed by atoms with Crippen LogP contribution in [0.2, 0.25) is 0 Å². The molecule has 1 aromatic heterocycles. The molecule has 1 heterocycles. The van der Waals surface area contributed by atoms with Crippen molar-refractivity contribution in [2.24, 2.45) is 0 Å². The number of aromatic carboxylic acids is 1. The van der Waals surface area contributed by atoms with Crippen molar-refractivity contribution in [2.45, 2.75) is 18.5 Å². The van der Waals surface area contributed by atoms with Gasteiger partial charge in [-0.2, -0.15) is 0 Å².